The van der Waals surface area contributed by atoms with Gasteiger partial charge in [-0.2, -0.15) is 0 Å². The number of nitrogens with one attached hydrogen (secondary N) is 1. The Labute approximate surface area is 173 Å². The van der Waals surface area contributed by atoms with Gasteiger partial charge in [0.25, 0.3) is 15.9 Å². The summed E-state index contributed by atoms with van der Waals surface area (Å²) in [6.07, 6.45) is 0. The number of sulfonamides is 1. The Morgan fingerprint density at radius 2 is 1.75 bits per heavy atom. The highest BCUT2D eigenvalue weighted by molar-refractivity contribution is 7.92. The van der Waals surface area contributed by atoms with E-state index in [1.165, 1.54) is 12.1 Å². The Balaban J connectivity index is 0.00000392. The minimum Gasteiger partial charge on any atom is -0.341 e. The number of aryl methyl sites for hydroxylation is 1. The monoisotopic (exact) mass is 425 g/mol. The van der Waals surface area contributed by atoms with Gasteiger partial charge in [0.2, 0.25) is 0 Å². The molecule has 2 aromatic carbocycles. The Bertz CT molecular complexity index is 913. The van der Waals surface area contributed by atoms with E-state index >= 15 is 0 Å². The standard InChI is InChI=1S/C20H27N3O3S.ClH/c1-15-8-10-17(11-9-15)22-27(25,26)18-7-5-6-16(12-18)19(24)23(4)14-20(2,3)13-21;/h5-12,22H,13-14,21H2,1-4H3;1H. The highest BCUT2D eigenvalue weighted by Crippen LogP contribution is 2.20. The lowest BCUT2D eigenvalue weighted by Crippen LogP contribution is -2.39. The zero-order valence-electron chi connectivity index (χ0n) is 16.6. The van der Waals surface area contributed by atoms with Crippen LogP contribution in [0.3, 0.4) is 0 Å². The minimum atomic E-state index is -3.79. The van der Waals surface area contributed by atoms with Crippen LogP contribution in [0.5, 0.6) is 0 Å². The largest absolute Gasteiger partial charge is 0.341 e. The molecule has 0 heterocycles. The van der Waals surface area contributed by atoms with E-state index < -0.39 is 10.0 Å². The molecule has 0 aliphatic rings. The summed E-state index contributed by atoms with van der Waals surface area (Å²) in [7, 11) is -2.10. The summed E-state index contributed by atoms with van der Waals surface area (Å²) < 4.78 is 27.8. The number of carbonyl (C=O) groups excluding carboxylic acids is 1. The van der Waals surface area contributed by atoms with E-state index in [2.05, 4.69) is 4.72 Å². The van der Waals surface area contributed by atoms with Gasteiger partial charge in [-0.05, 0) is 49.2 Å². The second-order valence-electron chi connectivity index (χ2n) is 7.53. The van der Waals surface area contributed by atoms with Gasteiger partial charge in [-0.15, -0.1) is 12.4 Å². The van der Waals surface area contributed by atoms with Crippen molar-refractivity contribution in [2.75, 3.05) is 24.9 Å². The van der Waals surface area contributed by atoms with Crippen LogP contribution in [0.25, 0.3) is 0 Å². The number of nitrogens with two attached hydrogens (primary N) is 1. The number of nitrogens with zero attached hydrogens (tertiary/aromatic N) is 1. The Kier molecular flexibility index (Phi) is 8.05. The molecule has 3 N–H and O–H groups in total. The van der Waals surface area contributed by atoms with Crippen molar-refractivity contribution in [1.82, 2.24) is 4.90 Å². The average molecular weight is 426 g/mol. The van der Waals surface area contributed by atoms with Crippen LogP contribution in [0.4, 0.5) is 5.69 Å². The molecule has 0 spiro atoms. The lowest BCUT2D eigenvalue weighted by atomic mass is 9.93. The molecule has 0 bridgehead atoms. The second-order valence-corrected chi connectivity index (χ2v) is 9.21. The Hall–Kier alpha value is -2.09. The van der Waals surface area contributed by atoms with Crippen LogP contribution >= 0.6 is 12.4 Å². The van der Waals surface area contributed by atoms with Gasteiger partial charge in [0.05, 0.1) is 4.90 Å². The number of anilines is 1. The summed E-state index contributed by atoms with van der Waals surface area (Å²) >= 11 is 0. The van der Waals surface area contributed by atoms with Crippen LogP contribution < -0.4 is 10.5 Å². The van der Waals surface area contributed by atoms with Gasteiger partial charge in [-0.3, -0.25) is 9.52 Å². The fraction of sp³-hybridized carbons (Fsp3) is 0.350. The fourth-order valence-electron chi connectivity index (χ4n) is 2.63. The van der Waals surface area contributed by atoms with Crippen LogP contribution in [0.15, 0.2) is 53.4 Å². The summed E-state index contributed by atoms with van der Waals surface area (Å²) in [5.74, 6) is -0.246. The molecule has 0 fully saturated rings. The number of rotatable bonds is 7. The maximum Gasteiger partial charge on any atom is 0.261 e. The first kappa shape index (κ1) is 23.9. The molecule has 2 rings (SSSR count). The highest BCUT2D eigenvalue weighted by atomic mass is 35.5. The first-order chi connectivity index (χ1) is 12.5. The molecule has 154 valence electrons. The molecule has 6 nitrogen and oxygen atoms in total. The SMILES string of the molecule is Cc1ccc(NS(=O)(=O)c2cccc(C(=O)N(C)CC(C)(C)CN)c2)cc1.Cl. The van der Waals surface area contributed by atoms with Crippen LogP contribution in [0, 0.1) is 12.3 Å². The van der Waals surface area contributed by atoms with Gasteiger partial charge in [0.15, 0.2) is 0 Å². The van der Waals surface area contributed by atoms with Crippen molar-refractivity contribution in [2.24, 2.45) is 11.1 Å². The van der Waals surface area contributed by atoms with E-state index in [-0.39, 0.29) is 28.6 Å². The zero-order valence-corrected chi connectivity index (χ0v) is 18.2. The van der Waals surface area contributed by atoms with Gasteiger partial charge < -0.3 is 10.6 Å². The van der Waals surface area contributed by atoms with Gasteiger partial charge in [-0.25, -0.2) is 8.42 Å². The molecule has 2 aromatic rings. The van der Waals surface area contributed by atoms with E-state index in [1.54, 1.807) is 36.2 Å². The lowest BCUT2D eigenvalue weighted by molar-refractivity contribution is 0.0740. The van der Waals surface area contributed by atoms with E-state index in [0.717, 1.165) is 5.56 Å². The minimum absolute atomic E-state index is 0. The van der Waals surface area contributed by atoms with Gasteiger partial charge >= 0.3 is 0 Å². The maximum atomic E-state index is 12.7. The number of amides is 1. The maximum absolute atomic E-state index is 12.7. The predicted molar refractivity (Wildman–Crippen MR) is 115 cm³/mol. The molecule has 0 unspecified atom stereocenters. The Morgan fingerprint density at radius 1 is 1.14 bits per heavy atom. The van der Waals surface area contributed by atoms with Crippen LogP contribution in [0.1, 0.15) is 29.8 Å². The molecular weight excluding hydrogens is 398 g/mol. The molecule has 0 aromatic heterocycles. The van der Waals surface area contributed by atoms with Crippen molar-refractivity contribution < 1.29 is 13.2 Å². The molecular formula is C20H28ClN3O3S. The van der Waals surface area contributed by atoms with Gasteiger partial charge in [0.1, 0.15) is 0 Å². The zero-order chi connectivity index (χ0) is 20.2. The Morgan fingerprint density at radius 3 is 2.32 bits per heavy atom. The van der Waals surface area contributed by atoms with Crippen LogP contribution in [-0.2, 0) is 10.0 Å². The van der Waals surface area contributed by atoms with Crippen molar-refractivity contribution in [1.29, 1.82) is 0 Å². The van der Waals surface area contributed by atoms with E-state index in [0.29, 0.717) is 24.3 Å². The highest BCUT2D eigenvalue weighted by Gasteiger charge is 2.23. The number of hydrogen-bond acceptors (Lipinski definition) is 4. The summed E-state index contributed by atoms with van der Waals surface area (Å²) in [6, 6.07) is 13.1. The fourth-order valence-corrected chi connectivity index (χ4v) is 3.73. The molecule has 0 aliphatic carbocycles. The summed E-state index contributed by atoms with van der Waals surface area (Å²) in [5.41, 5.74) is 7.33. The smallest absolute Gasteiger partial charge is 0.261 e. The van der Waals surface area contributed by atoms with E-state index in [9.17, 15) is 13.2 Å². The number of benzene rings is 2. The summed E-state index contributed by atoms with van der Waals surface area (Å²) in [4.78, 5) is 14.3. The average Bonchev–Trinajstić information content (AvgIpc) is 2.62. The van der Waals surface area contributed by atoms with E-state index in [1.807, 2.05) is 32.9 Å². The van der Waals surface area contributed by atoms with Crippen molar-refractivity contribution in [2.45, 2.75) is 25.7 Å². The molecule has 1 amide bonds. The first-order valence-corrected chi connectivity index (χ1v) is 10.2. The molecule has 0 saturated carbocycles. The van der Waals surface area contributed by atoms with Crippen molar-refractivity contribution >= 4 is 34.0 Å². The third-order valence-corrected chi connectivity index (χ3v) is 5.64. The summed E-state index contributed by atoms with van der Waals surface area (Å²) in [5, 5.41) is 0. The van der Waals surface area contributed by atoms with Crippen LogP contribution in [-0.4, -0.2) is 39.4 Å². The van der Waals surface area contributed by atoms with Crippen molar-refractivity contribution in [3.05, 3.63) is 59.7 Å². The quantitative estimate of drug-likeness (QED) is 0.711. The number of hydrogen-bond donors (Lipinski definition) is 2. The topological polar surface area (TPSA) is 92.5 Å². The number of halogens is 1. The molecule has 0 atom stereocenters. The second kappa shape index (κ2) is 9.41. The molecule has 8 heteroatoms. The number of carbonyl (C=O) groups is 1. The summed E-state index contributed by atoms with van der Waals surface area (Å²) in [6.45, 7) is 6.79. The molecule has 0 radical (unpaired) electrons. The first-order valence-electron chi connectivity index (χ1n) is 8.69. The van der Waals surface area contributed by atoms with Crippen molar-refractivity contribution in [3.63, 3.8) is 0 Å². The van der Waals surface area contributed by atoms with Crippen molar-refractivity contribution in [3.8, 4) is 0 Å². The third-order valence-electron chi connectivity index (χ3n) is 4.26. The normalized spacial score (nSPS) is 11.5. The predicted octanol–water partition coefficient (Wildman–Crippen LogP) is 3.27. The van der Waals surface area contributed by atoms with Crippen LogP contribution in [0.2, 0.25) is 0 Å². The van der Waals surface area contributed by atoms with Gasteiger partial charge in [-0.1, -0.05) is 37.6 Å². The molecule has 28 heavy (non-hydrogen) atoms. The molecule has 0 aliphatic heterocycles. The lowest BCUT2D eigenvalue weighted by Gasteiger charge is -2.29. The third kappa shape index (κ3) is 6.22. The van der Waals surface area contributed by atoms with Gasteiger partial charge in [0, 0.05) is 24.8 Å². The molecule has 0 saturated heterocycles. The van der Waals surface area contributed by atoms with E-state index in [4.69, 9.17) is 5.73 Å².